The Hall–Kier alpha value is -1.36. The average molecular weight is 349 g/mol. The fourth-order valence-corrected chi connectivity index (χ4v) is 3.58. The molecule has 1 unspecified atom stereocenters. The number of nitrogens with zero attached hydrogens (tertiary/aromatic N) is 2. The van der Waals surface area contributed by atoms with E-state index in [1.807, 2.05) is 35.2 Å². The number of ether oxygens (including phenoxy) is 1. The van der Waals surface area contributed by atoms with Crippen LogP contribution in [0.1, 0.15) is 24.8 Å². The van der Waals surface area contributed by atoms with Gasteiger partial charge in [-0.1, -0.05) is 23.7 Å². The zero-order chi connectivity index (χ0) is 16.8. The van der Waals surface area contributed by atoms with Gasteiger partial charge in [-0.15, -0.1) is 0 Å². The Morgan fingerprint density at radius 1 is 1.08 bits per heavy atom. The van der Waals surface area contributed by atoms with Gasteiger partial charge in [-0.25, -0.2) is 0 Å². The van der Waals surface area contributed by atoms with Gasteiger partial charge in [-0.05, 0) is 43.0 Å². The van der Waals surface area contributed by atoms with Crippen molar-refractivity contribution in [2.45, 2.75) is 25.3 Å². The summed E-state index contributed by atoms with van der Waals surface area (Å²) in [4.78, 5) is 17.0. The molecule has 0 radical (unpaired) electrons. The van der Waals surface area contributed by atoms with Crippen molar-refractivity contribution in [2.24, 2.45) is 0 Å². The molecule has 2 heterocycles. The van der Waals surface area contributed by atoms with Crippen LogP contribution in [0.3, 0.4) is 0 Å². The first-order chi connectivity index (χ1) is 11.7. The summed E-state index contributed by atoms with van der Waals surface area (Å²) in [7, 11) is 0. The second-order valence-electron chi connectivity index (χ2n) is 6.44. The molecule has 2 aliphatic rings. The molecule has 0 aliphatic carbocycles. The molecule has 0 spiro atoms. The highest BCUT2D eigenvalue weighted by Gasteiger charge is 2.25. The quantitative estimate of drug-likeness (QED) is 0.787. The Morgan fingerprint density at radius 3 is 2.58 bits per heavy atom. The van der Waals surface area contributed by atoms with Gasteiger partial charge in [-0.3, -0.25) is 9.69 Å². The number of morpholine rings is 1. The van der Waals surface area contributed by atoms with Gasteiger partial charge < -0.3 is 9.64 Å². The summed E-state index contributed by atoms with van der Waals surface area (Å²) in [5.74, 6) is 0.104. The molecule has 0 aromatic heterocycles. The molecule has 3 rings (SSSR count). The fraction of sp³-hybridized carbons (Fsp3) is 0.526. The number of hydrogen-bond donors (Lipinski definition) is 0. The zero-order valence-electron chi connectivity index (χ0n) is 14.0. The minimum atomic E-state index is 0.104. The third-order valence-corrected chi connectivity index (χ3v) is 5.11. The molecular weight excluding hydrogens is 324 g/mol. The molecule has 1 aromatic carbocycles. The SMILES string of the molecule is O=C(C=Cc1ccc(Cl)cc1)N1CCCC(N2CCOCC2)CC1. The molecule has 2 aliphatic heterocycles. The van der Waals surface area contributed by atoms with E-state index >= 15 is 0 Å². The summed E-state index contributed by atoms with van der Waals surface area (Å²) in [5.41, 5.74) is 0.994. The number of rotatable bonds is 3. The van der Waals surface area contributed by atoms with Crippen LogP contribution in [0.5, 0.6) is 0 Å². The Labute approximate surface area is 149 Å². The number of likely N-dealkylation sites (tertiary alicyclic amines) is 1. The highest BCUT2D eigenvalue weighted by molar-refractivity contribution is 6.30. The maximum Gasteiger partial charge on any atom is 0.246 e. The van der Waals surface area contributed by atoms with E-state index in [1.54, 1.807) is 6.08 Å². The normalized spacial score (nSPS) is 23.4. The Balaban J connectivity index is 1.53. The van der Waals surface area contributed by atoms with E-state index in [1.165, 1.54) is 6.42 Å². The minimum absolute atomic E-state index is 0.104. The van der Waals surface area contributed by atoms with E-state index in [0.29, 0.717) is 11.1 Å². The van der Waals surface area contributed by atoms with Crippen LogP contribution in [0.25, 0.3) is 6.08 Å². The molecule has 2 fully saturated rings. The molecule has 0 N–H and O–H groups in total. The van der Waals surface area contributed by atoms with Gasteiger partial charge in [0.05, 0.1) is 13.2 Å². The zero-order valence-corrected chi connectivity index (χ0v) is 14.8. The van der Waals surface area contributed by atoms with Crippen molar-refractivity contribution in [3.8, 4) is 0 Å². The van der Waals surface area contributed by atoms with Crippen LogP contribution in [0.2, 0.25) is 5.02 Å². The lowest BCUT2D eigenvalue weighted by molar-refractivity contribution is -0.125. The summed E-state index contributed by atoms with van der Waals surface area (Å²) < 4.78 is 5.44. The summed E-state index contributed by atoms with van der Waals surface area (Å²) in [6.07, 6.45) is 6.84. The lowest BCUT2D eigenvalue weighted by Gasteiger charge is -2.33. The van der Waals surface area contributed by atoms with Gasteiger partial charge >= 0.3 is 0 Å². The molecule has 1 aromatic rings. The molecule has 1 amide bonds. The van der Waals surface area contributed by atoms with Gasteiger partial charge in [0.2, 0.25) is 5.91 Å². The van der Waals surface area contributed by atoms with Crippen molar-refractivity contribution in [1.29, 1.82) is 0 Å². The molecule has 1 atom stereocenters. The molecule has 0 saturated carbocycles. The molecule has 130 valence electrons. The third-order valence-electron chi connectivity index (χ3n) is 4.86. The van der Waals surface area contributed by atoms with Crippen molar-refractivity contribution < 1.29 is 9.53 Å². The van der Waals surface area contributed by atoms with E-state index in [4.69, 9.17) is 16.3 Å². The third kappa shape index (κ3) is 4.82. The number of carbonyl (C=O) groups is 1. The highest BCUT2D eigenvalue weighted by Crippen LogP contribution is 2.18. The van der Waals surface area contributed by atoms with E-state index in [9.17, 15) is 4.79 Å². The van der Waals surface area contributed by atoms with Crippen LogP contribution in [0.4, 0.5) is 0 Å². The number of amides is 1. The topological polar surface area (TPSA) is 32.8 Å². The highest BCUT2D eigenvalue weighted by atomic mass is 35.5. The van der Waals surface area contributed by atoms with Crippen LogP contribution >= 0.6 is 11.6 Å². The molecular formula is C19H25ClN2O2. The summed E-state index contributed by atoms with van der Waals surface area (Å²) >= 11 is 5.88. The summed E-state index contributed by atoms with van der Waals surface area (Å²) in [6, 6.07) is 8.10. The van der Waals surface area contributed by atoms with E-state index in [-0.39, 0.29) is 5.91 Å². The smallest absolute Gasteiger partial charge is 0.246 e. The van der Waals surface area contributed by atoms with Crippen LogP contribution in [0, 0.1) is 0 Å². The van der Waals surface area contributed by atoms with Crippen molar-refractivity contribution in [3.05, 3.63) is 40.9 Å². The van der Waals surface area contributed by atoms with Crippen LogP contribution in [-0.2, 0) is 9.53 Å². The van der Waals surface area contributed by atoms with Gasteiger partial charge in [-0.2, -0.15) is 0 Å². The van der Waals surface area contributed by atoms with Crippen LogP contribution in [-0.4, -0.2) is 61.1 Å². The molecule has 0 bridgehead atoms. The summed E-state index contributed by atoms with van der Waals surface area (Å²) in [6.45, 7) is 5.41. The first kappa shape index (κ1) is 17.5. The van der Waals surface area contributed by atoms with Gasteiger partial charge in [0, 0.05) is 43.3 Å². The average Bonchev–Trinajstić information content (AvgIpc) is 2.88. The van der Waals surface area contributed by atoms with Crippen molar-refractivity contribution in [1.82, 2.24) is 9.80 Å². The number of benzene rings is 1. The second-order valence-corrected chi connectivity index (χ2v) is 6.88. The van der Waals surface area contributed by atoms with Crippen molar-refractivity contribution in [2.75, 3.05) is 39.4 Å². The number of halogens is 1. The lowest BCUT2D eigenvalue weighted by atomic mass is 10.1. The standard InChI is InChI=1S/C19H25ClN2O2/c20-17-6-3-16(4-7-17)5-8-19(23)22-10-1-2-18(9-11-22)21-12-14-24-15-13-21/h3-8,18H,1-2,9-15H2. The first-order valence-electron chi connectivity index (χ1n) is 8.77. The Kier molecular flexibility index (Phi) is 6.30. The predicted octanol–water partition coefficient (Wildman–Crippen LogP) is 3.07. The monoisotopic (exact) mass is 348 g/mol. The largest absolute Gasteiger partial charge is 0.379 e. The molecule has 5 heteroatoms. The van der Waals surface area contributed by atoms with E-state index in [2.05, 4.69) is 4.90 Å². The van der Waals surface area contributed by atoms with Crippen molar-refractivity contribution in [3.63, 3.8) is 0 Å². The van der Waals surface area contributed by atoms with Gasteiger partial charge in [0.1, 0.15) is 0 Å². The molecule has 2 saturated heterocycles. The van der Waals surface area contributed by atoms with Gasteiger partial charge in [0.25, 0.3) is 0 Å². The lowest BCUT2D eigenvalue weighted by Crippen LogP contribution is -2.44. The molecule has 24 heavy (non-hydrogen) atoms. The number of hydrogen-bond acceptors (Lipinski definition) is 3. The molecule has 4 nitrogen and oxygen atoms in total. The van der Waals surface area contributed by atoms with Crippen molar-refractivity contribution >= 4 is 23.6 Å². The Bertz CT molecular complexity index is 567. The first-order valence-corrected chi connectivity index (χ1v) is 9.14. The fourth-order valence-electron chi connectivity index (χ4n) is 3.45. The van der Waals surface area contributed by atoms with Crippen LogP contribution in [0.15, 0.2) is 30.3 Å². The Morgan fingerprint density at radius 2 is 1.83 bits per heavy atom. The second kappa shape index (κ2) is 8.65. The van der Waals surface area contributed by atoms with Gasteiger partial charge in [0.15, 0.2) is 0 Å². The summed E-state index contributed by atoms with van der Waals surface area (Å²) in [5, 5.41) is 0.708. The van der Waals surface area contributed by atoms with E-state index in [0.717, 1.165) is 57.8 Å². The maximum atomic E-state index is 12.5. The predicted molar refractivity (Wildman–Crippen MR) is 97.1 cm³/mol. The van der Waals surface area contributed by atoms with E-state index < -0.39 is 0 Å². The van der Waals surface area contributed by atoms with Crippen LogP contribution < -0.4 is 0 Å². The minimum Gasteiger partial charge on any atom is -0.379 e. The number of carbonyl (C=O) groups excluding carboxylic acids is 1. The maximum absolute atomic E-state index is 12.5.